The van der Waals surface area contributed by atoms with Gasteiger partial charge in [-0.3, -0.25) is 4.68 Å². The maximum Gasteiger partial charge on any atom is 0.135 e. The molecule has 0 N–H and O–H groups in total. The molecule has 1 saturated heterocycles. The lowest BCUT2D eigenvalue weighted by Gasteiger charge is -2.35. The van der Waals surface area contributed by atoms with Gasteiger partial charge in [-0.05, 0) is 95.2 Å². The number of nitrogens with zero attached hydrogens (tertiary/aromatic N) is 5. The second kappa shape index (κ2) is 9.23. The minimum atomic E-state index is 0.233. The summed E-state index contributed by atoms with van der Waals surface area (Å²) in [5.41, 5.74) is 3.49. The van der Waals surface area contributed by atoms with E-state index < -0.39 is 0 Å². The Morgan fingerprint density at radius 1 is 1.10 bits per heavy atom. The molecule has 3 aliphatic rings. The summed E-state index contributed by atoms with van der Waals surface area (Å²) in [6, 6.07) is 2.87. The molecule has 0 aromatic carbocycles. The van der Waals surface area contributed by atoms with Crippen molar-refractivity contribution < 1.29 is 0 Å². The molecule has 0 amide bonds. The molecule has 2 aromatic rings. The minimum absolute atomic E-state index is 0.233. The van der Waals surface area contributed by atoms with Gasteiger partial charge in [0.1, 0.15) is 5.82 Å². The van der Waals surface area contributed by atoms with Crippen LogP contribution in [0.1, 0.15) is 75.2 Å². The monoisotopic (exact) mass is 419 g/mol. The molecule has 5 rings (SSSR count). The van der Waals surface area contributed by atoms with E-state index in [4.69, 9.17) is 4.98 Å². The molecule has 2 aromatic heterocycles. The van der Waals surface area contributed by atoms with Crippen molar-refractivity contribution in [2.75, 3.05) is 13.1 Å². The van der Waals surface area contributed by atoms with Crippen LogP contribution in [-0.4, -0.2) is 43.8 Å². The van der Waals surface area contributed by atoms with E-state index in [0.717, 1.165) is 42.2 Å². The molecule has 3 fully saturated rings. The molecule has 5 nitrogen and oxygen atoms in total. The highest BCUT2D eigenvalue weighted by molar-refractivity contribution is 5.61. The SMILES string of the molecule is C=CC(CC1CCC(N2CCCC2)CC1)c1nccc(-c2cnn(C)c2CC2CC2)n1. The highest BCUT2D eigenvalue weighted by Gasteiger charge is 2.29. The third-order valence-electron chi connectivity index (χ3n) is 7.87. The van der Waals surface area contributed by atoms with Crippen LogP contribution in [0.5, 0.6) is 0 Å². The van der Waals surface area contributed by atoms with Gasteiger partial charge in [-0.1, -0.05) is 6.08 Å². The molecule has 1 aliphatic heterocycles. The van der Waals surface area contributed by atoms with Crippen molar-refractivity contribution in [2.45, 2.75) is 76.2 Å². The maximum absolute atomic E-state index is 5.02. The zero-order valence-electron chi connectivity index (χ0n) is 19.0. The molecule has 0 spiro atoms. The number of hydrogen-bond acceptors (Lipinski definition) is 4. The Balaban J connectivity index is 1.26. The Bertz CT molecular complexity index is 885. The van der Waals surface area contributed by atoms with Gasteiger partial charge in [-0.2, -0.15) is 5.10 Å². The van der Waals surface area contributed by atoms with Gasteiger partial charge in [-0.25, -0.2) is 9.97 Å². The number of rotatable bonds is 8. The van der Waals surface area contributed by atoms with Crippen molar-refractivity contribution >= 4 is 0 Å². The number of hydrogen-bond donors (Lipinski definition) is 0. The topological polar surface area (TPSA) is 46.8 Å². The molecule has 0 radical (unpaired) electrons. The predicted molar refractivity (Wildman–Crippen MR) is 125 cm³/mol. The van der Waals surface area contributed by atoms with Gasteiger partial charge in [-0.15, -0.1) is 6.58 Å². The summed E-state index contributed by atoms with van der Waals surface area (Å²) >= 11 is 0. The lowest BCUT2D eigenvalue weighted by molar-refractivity contribution is 0.159. The van der Waals surface area contributed by atoms with E-state index in [1.807, 2.05) is 30.2 Å². The van der Waals surface area contributed by atoms with Crippen LogP contribution in [0, 0.1) is 11.8 Å². The molecule has 166 valence electrons. The number of likely N-dealkylation sites (tertiary alicyclic amines) is 1. The number of aryl methyl sites for hydroxylation is 1. The third-order valence-corrected chi connectivity index (χ3v) is 7.87. The standard InChI is InChI=1S/C26H37N5/c1-3-21(16-19-8-10-22(11-9-19)31-14-4-5-15-31)26-27-13-12-24(29-26)23-18-28-30(2)25(23)17-20-6-7-20/h3,12-13,18-22H,1,4-11,14-17H2,2H3. The first-order valence-corrected chi connectivity index (χ1v) is 12.4. The van der Waals surface area contributed by atoms with Crippen molar-refractivity contribution in [3.8, 4) is 11.3 Å². The summed E-state index contributed by atoms with van der Waals surface area (Å²) in [5, 5.41) is 4.53. The summed E-state index contributed by atoms with van der Waals surface area (Å²) in [6.07, 6.45) is 19.1. The van der Waals surface area contributed by atoms with Crippen LogP contribution in [-0.2, 0) is 13.5 Å². The van der Waals surface area contributed by atoms with E-state index in [1.165, 1.54) is 75.7 Å². The van der Waals surface area contributed by atoms with Crippen molar-refractivity contribution in [3.63, 3.8) is 0 Å². The Kier molecular flexibility index (Phi) is 6.22. The Morgan fingerprint density at radius 2 is 1.84 bits per heavy atom. The zero-order chi connectivity index (χ0) is 21.2. The summed E-state index contributed by atoms with van der Waals surface area (Å²) < 4.78 is 2.03. The molecule has 0 bridgehead atoms. The first-order valence-electron chi connectivity index (χ1n) is 12.4. The molecule has 31 heavy (non-hydrogen) atoms. The second-order valence-electron chi connectivity index (χ2n) is 10.1. The van der Waals surface area contributed by atoms with Gasteiger partial charge in [0.05, 0.1) is 11.9 Å². The van der Waals surface area contributed by atoms with Gasteiger partial charge in [0.15, 0.2) is 0 Å². The fourth-order valence-corrected chi connectivity index (χ4v) is 5.74. The maximum atomic E-state index is 5.02. The molecule has 1 unspecified atom stereocenters. The molecular formula is C26H37N5. The average molecular weight is 420 g/mol. The second-order valence-corrected chi connectivity index (χ2v) is 10.1. The summed E-state index contributed by atoms with van der Waals surface area (Å²) in [5.74, 6) is 2.75. The number of allylic oxidation sites excluding steroid dienone is 1. The quantitative estimate of drug-likeness (QED) is 0.556. The molecular weight excluding hydrogens is 382 g/mol. The van der Waals surface area contributed by atoms with E-state index >= 15 is 0 Å². The Morgan fingerprint density at radius 3 is 2.55 bits per heavy atom. The lowest BCUT2D eigenvalue weighted by atomic mass is 9.80. The van der Waals surface area contributed by atoms with E-state index in [0.29, 0.717) is 0 Å². The van der Waals surface area contributed by atoms with E-state index in [9.17, 15) is 0 Å². The van der Waals surface area contributed by atoms with Crippen LogP contribution >= 0.6 is 0 Å². The van der Waals surface area contributed by atoms with Crippen LogP contribution < -0.4 is 0 Å². The van der Waals surface area contributed by atoms with E-state index in [-0.39, 0.29) is 5.92 Å². The first kappa shape index (κ1) is 20.9. The third kappa shape index (κ3) is 4.77. The highest BCUT2D eigenvalue weighted by Crippen LogP contribution is 2.37. The van der Waals surface area contributed by atoms with Crippen LogP contribution in [0.25, 0.3) is 11.3 Å². The average Bonchev–Trinajstić information content (AvgIpc) is 3.31. The Labute approximate surface area is 187 Å². The Hall–Kier alpha value is -2.01. The first-order chi connectivity index (χ1) is 15.2. The van der Waals surface area contributed by atoms with Crippen LogP contribution in [0.4, 0.5) is 0 Å². The van der Waals surface area contributed by atoms with Crippen molar-refractivity contribution in [3.05, 3.63) is 42.6 Å². The number of aromatic nitrogens is 4. The van der Waals surface area contributed by atoms with E-state index in [1.54, 1.807) is 0 Å². The minimum Gasteiger partial charge on any atom is -0.300 e. The normalized spacial score (nSPS) is 25.6. The largest absolute Gasteiger partial charge is 0.300 e. The lowest BCUT2D eigenvalue weighted by Crippen LogP contribution is -2.36. The van der Waals surface area contributed by atoms with Gasteiger partial charge >= 0.3 is 0 Å². The van der Waals surface area contributed by atoms with Crippen LogP contribution in [0.2, 0.25) is 0 Å². The highest BCUT2D eigenvalue weighted by atomic mass is 15.3. The summed E-state index contributed by atoms with van der Waals surface area (Å²) in [7, 11) is 2.05. The van der Waals surface area contributed by atoms with Gasteiger partial charge < -0.3 is 4.90 Å². The predicted octanol–water partition coefficient (Wildman–Crippen LogP) is 5.14. The van der Waals surface area contributed by atoms with Gasteiger partial charge in [0.25, 0.3) is 0 Å². The molecule has 3 heterocycles. The smallest absolute Gasteiger partial charge is 0.135 e. The summed E-state index contributed by atoms with van der Waals surface area (Å²) in [4.78, 5) is 12.4. The molecule has 1 atom stereocenters. The van der Waals surface area contributed by atoms with E-state index in [2.05, 4.69) is 27.6 Å². The molecule has 2 saturated carbocycles. The van der Waals surface area contributed by atoms with Crippen molar-refractivity contribution in [1.82, 2.24) is 24.6 Å². The fraction of sp³-hybridized carbons (Fsp3) is 0.654. The van der Waals surface area contributed by atoms with Crippen molar-refractivity contribution in [2.24, 2.45) is 18.9 Å². The van der Waals surface area contributed by atoms with Crippen LogP contribution in [0.3, 0.4) is 0 Å². The van der Waals surface area contributed by atoms with Crippen molar-refractivity contribution in [1.29, 1.82) is 0 Å². The molecule has 2 aliphatic carbocycles. The fourth-order valence-electron chi connectivity index (χ4n) is 5.74. The molecule has 5 heteroatoms. The zero-order valence-corrected chi connectivity index (χ0v) is 19.0. The van der Waals surface area contributed by atoms with Crippen LogP contribution in [0.15, 0.2) is 31.1 Å². The van der Waals surface area contributed by atoms with Gasteiger partial charge in [0, 0.05) is 36.5 Å². The summed E-state index contributed by atoms with van der Waals surface area (Å²) in [6.45, 7) is 6.79. The van der Waals surface area contributed by atoms with Gasteiger partial charge in [0.2, 0.25) is 0 Å².